The summed E-state index contributed by atoms with van der Waals surface area (Å²) in [7, 11) is 0. The number of nitrogens with zero attached hydrogens (tertiary/aromatic N) is 2. The van der Waals surface area contributed by atoms with Crippen molar-refractivity contribution in [3.05, 3.63) is 90.9 Å². The van der Waals surface area contributed by atoms with E-state index in [2.05, 4.69) is 10.3 Å². The number of hydrogen-bond acceptors (Lipinski definition) is 4. The van der Waals surface area contributed by atoms with Gasteiger partial charge in [-0.1, -0.05) is 30.3 Å². The summed E-state index contributed by atoms with van der Waals surface area (Å²) in [5.74, 6) is 0.638. The minimum absolute atomic E-state index is 0.0450. The second-order valence-corrected chi connectivity index (χ2v) is 7.99. The lowest BCUT2D eigenvalue weighted by Crippen LogP contribution is -2.22. The van der Waals surface area contributed by atoms with Crippen LogP contribution in [0.15, 0.2) is 90.1 Å². The van der Waals surface area contributed by atoms with Gasteiger partial charge in [-0.2, -0.15) is 0 Å². The summed E-state index contributed by atoms with van der Waals surface area (Å²) >= 11 is 1.53. The summed E-state index contributed by atoms with van der Waals surface area (Å²) in [6, 6.07) is 23.2. The first-order valence-electron chi connectivity index (χ1n) is 9.35. The van der Waals surface area contributed by atoms with Crippen LogP contribution >= 0.6 is 11.8 Å². The normalized spacial score (nSPS) is 11.9. The molecule has 1 N–H and O–H groups in total. The van der Waals surface area contributed by atoms with Gasteiger partial charge in [-0.3, -0.25) is 4.79 Å². The van der Waals surface area contributed by atoms with Crippen LogP contribution in [0.3, 0.4) is 0 Å². The van der Waals surface area contributed by atoms with Crippen molar-refractivity contribution >= 4 is 29.0 Å². The van der Waals surface area contributed by atoms with Crippen LogP contribution in [-0.4, -0.2) is 20.5 Å². The lowest BCUT2D eigenvalue weighted by atomic mass is 10.3. The average molecular weight is 404 g/mol. The topological polar surface area (TPSA) is 55.6 Å². The Morgan fingerprint density at radius 1 is 1.10 bits per heavy atom. The highest BCUT2D eigenvalue weighted by Crippen LogP contribution is 2.25. The van der Waals surface area contributed by atoms with E-state index in [1.54, 1.807) is 0 Å². The minimum atomic E-state index is -0.208. The molecule has 1 atom stereocenters. The molecule has 6 heteroatoms. The van der Waals surface area contributed by atoms with E-state index in [1.807, 2.05) is 96.5 Å². The SMILES string of the molecule is CC(Sc1ccccc1)C(=O)Nc1cccc(OCc2cn3ccccc3n2)c1. The van der Waals surface area contributed by atoms with Gasteiger partial charge in [-0.05, 0) is 43.3 Å². The molecule has 0 radical (unpaired) electrons. The highest BCUT2D eigenvalue weighted by molar-refractivity contribution is 8.00. The van der Waals surface area contributed by atoms with Crippen molar-refractivity contribution in [3.63, 3.8) is 0 Å². The van der Waals surface area contributed by atoms with Gasteiger partial charge in [0.15, 0.2) is 0 Å². The van der Waals surface area contributed by atoms with Gasteiger partial charge in [-0.25, -0.2) is 4.98 Å². The first kappa shape index (κ1) is 19.1. The first-order valence-corrected chi connectivity index (χ1v) is 10.2. The molecule has 0 saturated carbocycles. The largest absolute Gasteiger partial charge is 0.487 e. The molecule has 2 aromatic heterocycles. The van der Waals surface area contributed by atoms with E-state index in [0.29, 0.717) is 18.0 Å². The van der Waals surface area contributed by atoms with Crippen LogP contribution in [-0.2, 0) is 11.4 Å². The Bertz CT molecular complexity index is 1080. The Morgan fingerprint density at radius 3 is 2.76 bits per heavy atom. The van der Waals surface area contributed by atoms with E-state index in [9.17, 15) is 4.79 Å². The molecule has 0 spiro atoms. The third kappa shape index (κ3) is 4.97. The zero-order chi connectivity index (χ0) is 20.1. The smallest absolute Gasteiger partial charge is 0.237 e. The zero-order valence-electron chi connectivity index (χ0n) is 16.0. The van der Waals surface area contributed by atoms with Crippen LogP contribution in [0.25, 0.3) is 5.65 Å². The summed E-state index contributed by atoms with van der Waals surface area (Å²) in [5, 5.41) is 2.75. The van der Waals surface area contributed by atoms with Crippen LogP contribution in [0.4, 0.5) is 5.69 Å². The van der Waals surface area contributed by atoms with Gasteiger partial charge in [-0.15, -0.1) is 11.8 Å². The molecule has 4 aromatic rings. The number of nitrogens with one attached hydrogen (secondary N) is 1. The number of rotatable bonds is 7. The molecule has 2 aromatic carbocycles. The van der Waals surface area contributed by atoms with Gasteiger partial charge in [0, 0.05) is 29.0 Å². The maximum Gasteiger partial charge on any atom is 0.237 e. The minimum Gasteiger partial charge on any atom is -0.487 e. The number of amides is 1. The summed E-state index contributed by atoms with van der Waals surface area (Å²) in [4.78, 5) is 18.1. The van der Waals surface area contributed by atoms with Gasteiger partial charge >= 0.3 is 0 Å². The number of benzene rings is 2. The molecule has 2 heterocycles. The number of thioether (sulfide) groups is 1. The van der Waals surface area contributed by atoms with Crippen molar-refractivity contribution in [2.24, 2.45) is 0 Å². The Balaban J connectivity index is 1.36. The second-order valence-electron chi connectivity index (χ2n) is 6.58. The van der Waals surface area contributed by atoms with Gasteiger partial charge in [0.25, 0.3) is 0 Å². The fourth-order valence-electron chi connectivity index (χ4n) is 2.88. The van der Waals surface area contributed by atoms with Crippen LogP contribution in [0, 0.1) is 0 Å². The van der Waals surface area contributed by atoms with Gasteiger partial charge < -0.3 is 14.5 Å². The van der Waals surface area contributed by atoms with Crippen LogP contribution in [0.5, 0.6) is 5.75 Å². The molecule has 146 valence electrons. The number of ether oxygens (including phenoxy) is 1. The third-order valence-corrected chi connectivity index (χ3v) is 5.44. The summed E-state index contributed by atoms with van der Waals surface area (Å²) in [6.45, 7) is 2.26. The van der Waals surface area contributed by atoms with Crippen molar-refractivity contribution in [2.75, 3.05) is 5.32 Å². The van der Waals surface area contributed by atoms with Crippen LogP contribution in [0.1, 0.15) is 12.6 Å². The predicted octanol–water partition coefficient (Wildman–Crippen LogP) is 5.03. The zero-order valence-corrected chi connectivity index (χ0v) is 16.8. The molecule has 1 amide bonds. The number of carbonyl (C=O) groups excluding carboxylic acids is 1. The van der Waals surface area contributed by atoms with Crippen molar-refractivity contribution < 1.29 is 9.53 Å². The van der Waals surface area contributed by atoms with E-state index in [0.717, 1.165) is 16.2 Å². The number of imidazole rings is 1. The van der Waals surface area contributed by atoms with Crippen LogP contribution in [0.2, 0.25) is 0 Å². The number of fused-ring (bicyclic) bond motifs is 1. The van der Waals surface area contributed by atoms with Gasteiger partial charge in [0.1, 0.15) is 18.0 Å². The molecule has 0 saturated heterocycles. The summed E-state index contributed by atoms with van der Waals surface area (Å²) in [6.07, 6.45) is 3.90. The molecule has 29 heavy (non-hydrogen) atoms. The van der Waals surface area contributed by atoms with Gasteiger partial charge in [0.05, 0.1) is 10.9 Å². The van der Waals surface area contributed by atoms with E-state index in [4.69, 9.17) is 4.74 Å². The highest BCUT2D eigenvalue weighted by atomic mass is 32.2. The fraction of sp³-hybridized carbons (Fsp3) is 0.130. The molecule has 0 fully saturated rings. The summed E-state index contributed by atoms with van der Waals surface area (Å²) in [5.41, 5.74) is 2.44. The summed E-state index contributed by atoms with van der Waals surface area (Å²) < 4.78 is 7.83. The van der Waals surface area contributed by atoms with Gasteiger partial charge in [0.2, 0.25) is 5.91 Å². The quantitative estimate of drug-likeness (QED) is 0.440. The average Bonchev–Trinajstić information content (AvgIpc) is 3.16. The number of aromatic nitrogens is 2. The van der Waals surface area contributed by atoms with E-state index >= 15 is 0 Å². The highest BCUT2D eigenvalue weighted by Gasteiger charge is 2.14. The Labute approximate surface area is 173 Å². The van der Waals surface area contributed by atoms with Crippen molar-refractivity contribution in [1.29, 1.82) is 0 Å². The standard InChI is InChI=1S/C23H21N3O2S/c1-17(29-21-10-3-2-4-11-21)23(27)25-18-8-7-9-20(14-18)28-16-19-15-26-13-6-5-12-22(26)24-19/h2-15,17H,16H2,1H3,(H,25,27). The third-order valence-electron chi connectivity index (χ3n) is 4.33. The number of anilines is 1. The first-order chi connectivity index (χ1) is 14.2. The maximum atomic E-state index is 12.5. The monoisotopic (exact) mass is 403 g/mol. The van der Waals surface area contributed by atoms with Crippen molar-refractivity contribution in [2.45, 2.75) is 23.7 Å². The molecule has 1 unspecified atom stereocenters. The second kappa shape index (κ2) is 8.84. The molecule has 0 aliphatic heterocycles. The number of hydrogen-bond donors (Lipinski definition) is 1. The molecule has 0 aliphatic rings. The van der Waals surface area contributed by atoms with E-state index < -0.39 is 0 Å². The lowest BCUT2D eigenvalue weighted by Gasteiger charge is -2.13. The molecule has 5 nitrogen and oxygen atoms in total. The maximum absolute atomic E-state index is 12.5. The molecular formula is C23H21N3O2S. The molecule has 0 aliphatic carbocycles. The van der Waals surface area contributed by atoms with Crippen molar-refractivity contribution in [1.82, 2.24) is 9.38 Å². The van der Waals surface area contributed by atoms with Crippen molar-refractivity contribution in [3.8, 4) is 5.75 Å². The molecule has 4 rings (SSSR count). The lowest BCUT2D eigenvalue weighted by molar-refractivity contribution is -0.115. The van der Waals surface area contributed by atoms with E-state index in [1.165, 1.54) is 11.8 Å². The molecule has 0 bridgehead atoms. The van der Waals surface area contributed by atoms with E-state index in [-0.39, 0.29) is 11.2 Å². The number of carbonyl (C=O) groups is 1. The van der Waals surface area contributed by atoms with Crippen LogP contribution < -0.4 is 10.1 Å². The number of pyridine rings is 1. The Morgan fingerprint density at radius 2 is 1.93 bits per heavy atom. The Kier molecular flexibility index (Phi) is 5.81. The fourth-order valence-corrected chi connectivity index (χ4v) is 3.77. The molecular weight excluding hydrogens is 382 g/mol. The Hall–Kier alpha value is -3.25. The predicted molar refractivity (Wildman–Crippen MR) is 116 cm³/mol.